The van der Waals surface area contributed by atoms with Gasteiger partial charge in [0, 0.05) is 10.9 Å². The number of nitrogens with one attached hydrogen (secondary N) is 1. The molecule has 0 atom stereocenters. The number of rotatable bonds is 6. The molecule has 0 fully saturated rings. The molecule has 29 heavy (non-hydrogen) atoms. The molecule has 1 N–H and O–H groups in total. The van der Waals surface area contributed by atoms with Crippen LogP contribution in [0.2, 0.25) is 0 Å². The largest absolute Gasteiger partial charge is 0.455 e. The van der Waals surface area contributed by atoms with Gasteiger partial charge < -0.3 is 4.74 Å². The van der Waals surface area contributed by atoms with Gasteiger partial charge in [-0.3, -0.25) is 14.9 Å². The minimum Gasteiger partial charge on any atom is -0.455 e. The minimum absolute atomic E-state index is 0.115. The number of anilines is 1. The molecule has 0 spiro atoms. The van der Waals surface area contributed by atoms with E-state index in [9.17, 15) is 9.59 Å². The first-order chi connectivity index (χ1) is 14.2. The summed E-state index contributed by atoms with van der Waals surface area (Å²) in [4.78, 5) is 28.7. The third-order valence-corrected chi connectivity index (χ3v) is 5.16. The Labute approximate surface area is 172 Å². The summed E-state index contributed by atoms with van der Waals surface area (Å²) in [6.45, 7) is -0.343. The number of hydrogen-bond donors (Lipinski definition) is 1. The second-order valence-corrected chi connectivity index (χ2v) is 7.29. The Bertz CT molecular complexity index is 1150. The van der Waals surface area contributed by atoms with Crippen LogP contribution in [-0.4, -0.2) is 23.5 Å². The van der Waals surface area contributed by atoms with Crippen LogP contribution in [0.15, 0.2) is 78.2 Å². The van der Waals surface area contributed by atoms with Crippen LogP contribution in [0.5, 0.6) is 0 Å². The van der Waals surface area contributed by atoms with Gasteiger partial charge in [-0.2, -0.15) is 0 Å². The molecule has 144 valence electrons. The number of amides is 1. The molecule has 0 radical (unpaired) electrons. The molecule has 0 bridgehead atoms. The van der Waals surface area contributed by atoms with Crippen LogP contribution in [0, 0.1) is 0 Å². The second kappa shape index (κ2) is 8.67. The maximum absolute atomic E-state index is 12.2. The Morgan fingerprint density at radius 1 is 0.931 bits per heavy atom. The molecule has 0 aliphatic carbocycles. The Hall–Kier alpha value is -3.51. The molecule has 5 nitrogen and oxygen atoms in total. The van der Waals surface area contributed by atoms with Crippen molar-refractivity contribution in [2.45, 2.75) is 6.42 Å². The van der Waals surface area contributed by atoms with E-state index in [2.05, 4.69) is 10.3 Å². The molecule has 4 aromatic rings. The first kappa shape index (κ1) is 18.8. The molecule has 0 saturated carbocycles. The number of nitrogens with zero attached hydrogens (tertiary/aromatic N) is 1. The van der Waals surface area contributed by atoms with Gasteiger partial charge in [-0.25, -0.2) is 4.98 Å². The van der Waals surface area contributed by atoms with E-state index in [1.54, 1.807) is 0 Å². The van der Waals surface area contributed by atoms with Crippen molar-refractivity contribution in [1.29, 1.82) is 0 Å². The lowest BCUT2D eigenvalue weighted by Crippen LogP contribution is -2.21. The Kier molecular flexibility index (Phi) is 5.63. The van der Waals surface area contributed by atoms with Gasteiger partial charge in [-0.15, -0.1) is 11.3 Å². The number of carbonyl (C=O) groups is 2. The Morgan fingerprint density at radius 3 is 2.55 bits per heavy atom. The number of ether oxygens (including phenoxy) is 1. The lowest BCUT2D eigenvalue weighted by Gasteiger charge is -2.07. The lowest BCUT2D eigenvalue weighted by molar-refractivity contribution is -0.146. The van der Waals surface area contributed by atoms with Gasteiger partial charge in [0.15, 0.2) is 11.7 Å². The monoisotopic (exact) mass is 402 g/mol. The summed E-state index contributed by atoms with van der Waals surface area (Å²) in [5.41, 5.74) is 2.64. The van der Waals surface area contributed by atoms with E-state index in [4.69, 9.17) is 4.74 Å². The van der Waals surface area contributed by atoms with Crippen LogP contribution in [0.3, 0.4) is 0 Å². The zero-order valence-electron chi connectivity index (χ0n) is 15.5. The van der Waals surface area contributed by atoms with E-state index in [1.165, 1.54) is 11.3 Å². The zero-order valence-corrected chi connectivity index (χ0v) is 16.3. The van der Waals surface area contributed by atoms with Crippen LogP contribution in [0.4, 0.5) is 5.13 Å². The van der Waals surface area contributed by atoms with Crippen LogP contribution in [0.1, 0.15) is 5.56 Å². The maximum Gasteiger partial charge on any atom is 0.310 e. The summed E-state index contributed by atoms with van der Waals surface area (Å²) in [5, 5.41) is 7.09. The summed E-state index contributed by atoms with van der Waals surface area (Å²) < 4.78 is 5.15. The summed E-state index contributed by atoms with van der Waals surface area (Å²) in [7, 11) is 0. The van der Waals surface area contributed by atoms with E-state index in [0.717, 1.165) is 27.6 Å². The maximum atomic E-state index is 12.2. The molecular weight excluding hydrogens is 384 g/mol. The van der Waals surface area contributed by atoms with Gasteiger partial charge in [0.25, 0.3) is 5.91 Å². The number of fused-ring (bicyclic) bond motifs is 1. The predicted octanol–water partition coefficient (Wildman–Crippen LogP) is 4.69. The van der Waals surface area contributed by atoms with Crippen molar-refractivity contribution in [3.8, 4) is 11.3 Å². The highest BCUT2D eigenvalue weighted by molar-refractivity contribution is 7.14. The molecule has 0 aliphatic heterocycles. The van der Waals surface area contributed by atoms with Crippen molar-refractivity contribution >= 4 is 39.1 Å². The third kappa shape index (κ3) is 4.67. The summed E-state index contributed by atoms with van der Waals surface area (Å²) in [5.74, 6) is -0.856. The molecule has 0 unspecified atom stereocenters. The summed E-state index contributed by atoms with van der Waals surface area (Å²) >= 11 is 1.33. The third-order valence-electron chi connectivity index (χ3n) is 4.40. The van der Waals surface area contributed by atoms with Crippen molar-refractivity contribution in [1.82, 2.24) is 4.98 Å². The van der Waals surface area contributed by atoms with Crippen molar-refractivity contribution in [3.05, 3.63) is 83.7 Å². The van der Waals surface area contributed by atoms with Gasteiger partial charge in [-0.1, -0.05) is 72.8 Å². The first-order valence-corrected chi connectivity index (χ1v) is 10.00. The zero-order chi connectivity index (χ0) is 20.1. The van der Waals surface area contributed by atoms with E-state index in [1.807, 2.05) is 78.2 Å². The highest BCUT2D eigenvalue weighted by Gasteiger charge is 2.12. The number of esters is 1. The molecule has 0 saturated heterocycles. The molecule has 1 amide bonds. The molecule has 0 aliphatic rings. The highest BCUT2D eigenvalue weighted by atomic mass is 32.1. The van der Waals surface area contributed by atoms with Gasteiger partial charge in [-0.05, 0) is 16.3 Å². The van der Waals surface area contributed by atoms with Gasteiger partial charge >= 0.3 is 5.97 Å². The lowest BCUT2D eigenvalue weighted by atomic mass is 10.0. The fourth-order valence-electron chi connectivity index (χ4n) is 3.03. The standard InChI is InChI=1S/C23H18N2O3S/c26-21(25-23-24-20(15-29-23)17-8-2-1-3-9-17)14-28-22(27)13-18-11-6-10-16-7-4-5-12-19(16)18/h1-12,15H,13-14H2,(H,24,25,26). The van der Waals surface area contributed by atoms with E-state index in [-0.39, 0.29) is 13.0 Å². The summed E-state index contributed by atoms with van der Waals surface area (Å²) in [6, 6.07) is 23.4. The molecule has 1 heterocycles. The summed E-state index contributed by atoms with van der Waals surface area (Å²) in [6.07, 6.45) is 0.115. The molecule has 1 aromatic heterocycles. The first-order valence-electron chi connectivity index (χ1n) is 9.12. The van der Waals surface area contributed by atoms with Gasteiger partial charge in [0.05, 0.1) is 12.1 Å². The fourth-order valence-corrected chi connectivity index (χ4v) is 3.76. The minimum atomic E-state index is -0.444. The van der Waals surface area contributed by atoms with Crippen LogP contribution < -0.4 is 5.32 Å². The quantitative estimate of drug-likeness (QED) is 0.475. The smallest absolute Gasteiger partial charge is 0.310 e. The number of hydrogen-bond acceptors (Lipinski definition) is 5. The van der Waals surface area contributed by atoms with E-state index in [0.29, 0.717) is 5.13 Å². The van der Waals surface area contributed by atoms with Crippen molar-refractivity contribution in [3.63, 3.8) is 0 Å². The van der Waals surface area contributed by atoms with E-state index >= 15 is 0 Å². The Balaban J connectivity index is 1.31. The van der Waals surface area contributed by atoms with Crippen molar-refractivity contribution in [2.24, 2.45) is 0 Å². The SMILES string of the molecule is O=C(COC(=O)Cc1cccc2ccccc12)Nc1nc(-c2ccccc2)cs1. The molecule has 4 rings (SSSR count). The van der Waals surface area contributed by atoms with Crippen LogP contribution in [0.25, 0.3) is 22.0 Å². The number of benzene rings is 3. The van der Waals surface area contributed by atoms with E-state index < -0.39 is 11.9 Å². The topological polar surface area (TPSA) is 68.3 Å². The molecular formula is C23H18N2O3S. The van der Waals surface area contributed by atoms with Crippen LogP contribution >= 0.6 is 11.3 Å². The van der Waals surface area contributed by atoms with Gasteiger partial charge in [0.2, 0.25) is 0 Å². The number of aromatic nitrogens is 1. The average molecular weight is 402 g/mol. The fraction of sp³-hybridized carbons (Fsp3) is 0.0870. The number of thiazole rings is 1. The van der Waals surface area contributed by atoms with Crippen LogP contribution in [-0.2, 0) is 20.7 Å². The predicted molar refractivity (Wildman–Crippen MR) is 115 cm³/mol. The number of carbonyl (C=O) groups excluding carboxylic acids is 2. The molecule has 6 heteroatoms. The average Bonchev–Trinajstić information content (AvgIpc) is 3.22. The van der Waals surface area contributed by atoms with Gasteiger partial charge in [0.1, 0.15) is 0 Å². The Morgan fingerprint density at radius 2 is 1.69 bits per heavy atom. The molecule has 3 aromatic carbocycles. The van der Waals surface area contributed by atoms with Crippen molar-refractivity contribution < 1.29 is 14.3 Å². The normalized spacial score (nSPS) is 10.6. The highest BCUT2D eigenvalue weighted by Crippen LogP contribution is 2.24. The second-order valence-electron chi connectivity index (χ2n) is 6.43. The van der Waals surface area contributed by atoms with Crippen molar-refractivity contribution in [2.75, 3.05) is 11.9 Å².